The highest BCUT2D eigenvalue weighted by atomic mass is 16.4. The van der Waals surface area contributed by atoms with E-state index in [0.29, 0.717) is 0 Å². The zero-order valence-corrected chi connectivity index (χ0v) is 9.08. The molecule has 2 aromatic heterocycles. The predicted octanol–water partition coefficient (Wildman–Crippen LogP) is 0.866. The van der Waals surface area contributed by atoms with Gasteiger partial charge in [-0.25, -0.2) is 9.78 Å². The Kier molecular flexibility index (Phi) is 2.47. The van der Waals surface area contributed by atoms with Crippen molar-refractivity contribution in [3.8, 4) is 5.69 Å². The van der Waals surface area contributed by atoms with Crippen LogP contribution in [0.3, 0.4) is 0 Å². The Labute approximate surface area is 92.2 Å². The van der Waals surface area contributed by atoms with E-state index in [-0.39, 0.29) is 5.69 Å². The summed E-state index contributed by atoms with van der Waals surface area (Å²) in [6, 6.07) is 0. The molecule has 16 heavy (non-hydrogen) atoms. The van der Waals surface area contributed by atoms with Crippen molar-refractivity contribution in [1.29, 1.82) is 0 Å². The van der Waals surface area contributed by atoms with Crippen LogP contribution in [-0.2, 0) is 13.5 Å². The van der Waals surface area contributed by atoms with Gasteiger partial charge in [0.2, 0.25) is 0 Å². The molecular weight excluding hydrogens is 208 g/mol. The number of hydrogen-bond donors (Lipinski definition) is 1. The van der Waals surface area contributed by atoms with Crippen LogP contribution in [0.25, 0.3) is 5.69 Å². The van der Waals surface area contributed by atoms with Crippen LogP contribution in [0.2, 0.25) is 0 Å². The molecule has 0 unspecified atom stereocenters. The van der Waals surface area contributed by atoms with Crippen molar-refractivity contribution in [2.45, 2.75) is 13.3 Å². The topological polar surface area (TPSA) is 72.9 Å². The van der Waals surface area contributed by atoms with Gasteiger partial charge in [0.15, 0.2) is 5.69 Å². The summed E-state index contributed by atoms with van der Waals surface area (Å²) in [6.07, 6.45) is 5.60. The summed E-state index contributed by atoms with van der Waals surface area (Å²) in [4.78, 5) is 14.5. The number of imidazole rings is 1. The van der Waals surface area contributed by atoms with Gasteiger partial charge in [0.05, 0.1) is 11.4 Å². The van der Waals surface area contributed by atoms with Crippen LogP contribution in [0.5, 0.6) is 0 Å². The van der Waals surface area contributed by atoms with Gasteiger partial charge in [-0.2, -0.15) is 5.10 Å². The minimum absolute atomic E-state index is 0.0332. The molecule has 0 aromatic carbocycles. The van der Waals surface area contributed by atoms with Crippen molar-refractivity contribution < 1.29 is 9.90 Å². The summed E-state index contributed by atoms with van der Waals surface area (Å²) in [5.41, 5.74) is 1.81. The molecule has 6 heteroatoms. The van der Waals surface area contributed by atoms with Gasteiger partial charge >= 0.3 is 5.97 Å². The Morgan fingerprint density at radius 1 is 1.50 bits per heavy atom. The Balaban J connectivity index is 2.45. The van der Waals surface area contributed by atoms with E-state index >= 15 is 0 Å². The number of carboxylic acids is 1. The van der Waals surface area contributed by atoms with Gasteiger partial charge in [0.1, 0.15) is 6.33 Å². The summed E-state index contributed by atoms with van der Waals surface area (Å²) in [6.45, 7) is 2.00. The second-order valence-corrected chi connectivity index (χ2v) is 3.46. The van der Waals surface area contributed by atoms with Crippen molar-refractivity contribution >= 4 is 5.97 Å². The van der Waals surface area contributed by atoms with Gasteiger partial charge in [-0.15, -0.1) is 0 Å². The maximum absolute atomic E-state index is 10.7. The molecule has 0 aliphatic rings. The maximum Gasteiger partial charge on any atom is 0.356 e. The van der Waals surface area contributed by atoms with E-state index in [1.165, 1.54) is 12.5 Å². The Hall–Kier alpha value is -2.11. The van der Waals surface area contributed by atoms with E-state index in [1.807, 2.05) is 20.2 Å². The maximum atomic E-state index is 10.7. The molecule has 0 amide bonds. The minimum Gasteiger partial charge on any atom is -0.476 e. The monoisotopic (exact) mass is 220 g/mol. The molecule has 0 aliphatic carbocycles. The molecule has 2 aromatic rings. The molecule has 0 fully saturated rings. The molecule has 0 aliphatic heterocycles. The lowest BCUT2D eigenvalue weighted by Gasteiger charge is -1.98. The lowest BCUT2D eigenvalue weighted by atomic mass is 10.3. The number of carbonyl (C=O) groups is 1. The second kappa shape index (κ2) is 3.80. The number of carboxylic acid groups (broad SMARTS) is 1. The van der Waals surface area contributed by atoms with E-state index in [1.54, 1.807) is 9.25 Å². The van der Waals surface area contributed by atoms with Gasteiger partial charge in [0, 0.05) is 19.4 Å². The third-order valence-electron chi connectivity index (χ3n) is 2.30. The van der Waals surface area contributed by atoms with E-state index in [9.17, 15) is 4.79 Å². The summed E-state index contributed by atoms with van der Waals surface area (Å²) in [7, 11) is 1.83. The molecule has 0 bridgehead atoms. The Bertz CT molecular complexity index is 527. The van der Waals surface area contributed by atoms with Crippen molar-refractivity contribution in [2.75, 3.05) is 0 Å². The molecule has 6 nitrogen and oxygen atoms in total. The summed E-state index contributed by atoms with van der Waals surface area (Å²) in [5.74, 6) is -1.03. The fraction of sp³-hybridized carbons (Fsp3) is 0.300. The molecular formula is C10H12N4O2. The number of hydrogen-bond acceptors (Lipinski definition) is 3. The van der Waals surface area contributed by atoms with E-state index < -0.39 is 5.97 Å². The fourth-order valence-corrected chi connectivity index (χ4v) is 1.55. The zero-order chi connectivity index (χ0) is 11.7. The first-order chi connectivity index (χ1) is 7.61. The van der Waals surface area contributed by atoms with Crippen molar-refractivity contribution in [2.24, 2.45) is 7.05 Å². The first kappa shape index (κ1) is 10.4. The fourth-order valence-electron chi connectivity index (χ4n) is 1.55. The predicted molar refractivity (Wildman–Crippen MR) is 56.7 cm³/mol. The van der Waals surface area contributed by atoms with Crippen LogP contribution in [0.1, 0.15) is 23.1 Å². The quantitative estimate of drug-likeness (QED) is 0.832. The van der Waals surface area contributed by atoms with Crippen LogP contribution < -0.4 is 0 Å². The third-order valence-corrected chi connectivity index (χ3v) is 2.30. The lowest BCUT2D eigenvalue weighted by molar-refractivity contribution is 0.0691. The van der Waals surface area contributed by atoms with E-state index in [4.69, 9.17) is 5.11 Å². The number of nitrogens with zero attached hydrogens (tertiary/aromatic N) is 4. The highest BCUT2D eigenvalue weighted by molar-refractivity contribution is 5.85. The van der Waals surface area contributed by atoms with Crippen LogP contribution in [-0.4, -0.2) is 30.4 Å². The molecule has 1 N–H and O–H groups in total. The molecule has 0 saturated carbocycles. The van der Waals surface area contributed by atoms with Gasteiger partial charge < -0.3 is 9.67 Å². The van der Waals surface area contributed by atoms with Gasteiger partial charge in [0.25, 0.3) is 0 Å². The van der Waals surface area contributed by atoms with Crippen LogP contribution in [0.15, 0.2) is 18.7 Å². The van der Waals surface area contributed by atoms with Crippen LogP contribution in [0, 0.1) is 0 Å². The second-order valence-electron chi connectivity index (χ2n) is 3.46. The SMILES string of the molecule is CCc1nn(C)cc1-n1cnc(C(=O)O)c1. The van der Waals surface area contributed by atoms with E-state index in [2.05, 4.69) is 10.1 Å². The lowest BCUT2D eigenvalue weighted by Crippen LogP contribution is -1.96. The number of aromatic nitrogens is 4. The van der Waals surface area contributed by atoms with E-state index in [0.717, 1.165) is 17.8 Å². The van der Waals surface area contributed by atoms with Gasteiger partial charge in [-0.3, -0.25) is 4.68 Å². The number of rotatable bonds is 3. The largest absolute Gasteiger partial charge is 0.476 e. The summed E-state index contributed by atoms with van der Waals surface area (Å²) in [5, 5.41) is 13.1. The average molecular weight is 220 g/mol. The van der Waals surface area contributed by atoms with Crippen molar-refractivity contribution in [1.82, 2.24) is 19.3 Å². The molecule has 0 saturated heterocycles. The summed E-state index contributed by atoms with van der Waals surface area (Å²) < 4.78 is 3.38. The van der Waals surface area contributed by atoms with Gasteiger partial charge in [-0.05, 0) is 6.42 Å². The highest BCUT2D eigenvalue weighted by Gasteiger charge is 2.11. The summed E-state index contributed by atoms with van der Waals surface area (Å²) >= 11 is 0. The Morgan fingerprint density at radius 3 is 2.81 bits per heavy atom. The molecule has 84 valence electrons. The third kappa shape index (κ3) is 1.69. The normalized spacial score (nSPS) is 10.6. The smallest absolute Gasteiger partial charge is 0.356 e. The molecule has 0 spiro atoms. The first-order valence-corrected chi connectivity index (χ1v) is 4.92. The van der Waals surface area contributed by atoms with Gasteiger partial charge in [-0.1, -0.05) is 6.92 Å². The Morgan fingerprint density at radius 2 is 2.25 bits per heavy atom. The average Bonchev–Trinajstić information content (AvgIpc) is 2.82. The van der Waals surface area contributed by atoms with Crippen LogP contribution >= 0.6 is 0 Å². The molecule has 2 rings (SSSR count). The number of aryl methyl sites for hydroxylation is 2. The van der Waals surface area contributed by atoms with Crippen molar-refractivity contribution in [3.05, 3.63) is 30.1 Å². The molecule has 0 radical (unpaired) electrons. The molecule has 0 atom stereocenters. The number of aromatic carboxylic acids is 1. The zero-order valence-electron chi connectivity index (χ0n) is 9.08. The first-order valence-electron chi connectivity index (χ1n) is 4.92. The standard InChI is InChI=1S/C10H12N4O2/c1-3-7-9(5-13(2)12-7)14-4-8(10(15)16)11-6-14/h4-6H,3H2,1-2H3,(H,15,16). The van der Waals surface area contributed by atoms with Crippen LogP contribution in [0.4, 0.5) is 0 Å². The minimum atomic E-state index is -1.03. The van der Waals surface area contributed by atoms with Crippen molar-refractivity contribution in [3.63, 3.8) is 0 Å². The molecule has 2 heterocycles. The highest BCUT2D eigenvalue weighted by Crippen LogP contribution is 2.13.